The summed E-state index contributed by atoms with van der Waals surface area (Å²) >= 11 is 0. The summed E-state index contributed by atoms with van der Waals surface area (Å²) in [6, 6.07) is 9.27. The zero-order valence-corrected chi connectivity index (χ0v) is 16.5. The van der Waals surface area contributed by atoms with Crippen molar-refractivity contribution < 1.29 is 9.59 Å². The minimum atomic E-state index is -0.295. The highest BCUT2D eigenvalue weighted by atomic mass is 16.2. The molecule has 0 aliphatic carbocycles. The van der Waals surface area contributed by atoms with Gasteiger partial charge in [-0.3, -0.25) is 14.6 Å². The van der Waals surface area contributed by atoms with E-state index >= 15 is 0 Å². The SMILES string of the molecule is CCN(CC)c1ccc(NC(=O)c2cncc(C(=O)NCC(C)C)c2)cc1. The number of nitrogens with one attached hydrogen (secondary N) is 2. The summed E-state index contributed by atoms with van der Waals surface area (Å²) in [6.45, 7) is 10.7. The number of amides is 2. The third-order valence-electron chi connectivity index (χ3n) is 4.19. The number of pyridine rings is 1. The van der Waals surface area contributed by atoms with Crippen molar-refractivity contribution in [1.82, 2.24) is 10.3 Å². The molecule has 1 aromatic carbocycles. The second-order valence-electron chi connectivity index (χ2n) is 6.74. The van der Waals surface area contributed by atoms with Gasteiger partial charge >= 0.3 is 0 Å². The first kappa shape index (κ1) is 20.4. The van der Waals surface area contributed by atoms with Gasteiger partial charge in [-0.15, -0.1) is 0 Å². The van der Waals surface area contributed by atoms with E-state index in [2.05, 4.69) is 34.4 Å². The van der Waals surface area contributed by atoms with E-state index in [1.807, 2.05) is 38.1 Å². The van der Waals surface area contributed by atoms with Gasteiger partial charge in [0.25, 0.3) is 11.8 Å². The fraction of sp³-hybridized carbons (Fsp3) is 0.381. The van der Waals surface area contributed by atoms with E-state index in [-0.39, 0.29) is 11.8 Å². The van der Waals surface area contributed by atoms with E-state index in [0.29, 0.717) is 29.3 Å². The lowest BCUT2D eigenvalue weighted by Gasteiger charge is -2.21. The van der Waals surface area contributed by atoms with E-state index < -0.39 is 0 Å². The number of hydrogen-bond donors (Lipinski definition) is 2. The lowest BCUT2D eigenvalue weighted by Crippen LogP contribution is -2.27. The van der Waals surface area contributed by atoms with Crippen LogP contribution < -0.4 is 15.5 Å². The maximum Gasteiger partial charge on any atom is 0.257 e. The van der Waals surface area contributed by atoms with Crippen LogP contribution in [0.15, 0.2) is 42.7 Å². The minimum Gasteiger partial charge on any atom is -0.372 e. The molecular formula is C21H28N4O2. The van der Waals surface area contributed by atoms with Gasteiger partial charge in [0.05, 0.1) is 11.1 Å². The zero-order valence-electron chi connectivity index (χ0n) is 16.5. The normalized spacial score (nSPS) is 10.6. The molecule has 2 aromatic rings. The first-order valence-electron chi connectivity index (χ1n) is 9.34. The van der Waals surface area contributed by atoms with Crippen LogP contribution in [0.2, 0.25) is 0 Å². The predicted molar refractivity (Wildman–Crippen MR) is 109 cm³/mol. The van der Waals surface area contributed by atoms with Crippen molar-refractivity contribution >= 4 is 23.2 Å². The van der Waals surface area contributed by atoms with Crippen LogP contribution in [0.25, 0.3) is 0 Å². The molecule has 2 N–H and O–H groups in total. The molecule has 0 fully saturated rings. The first-order chi connectivity index (χ1) is 12.9. The third-order valence-corrected chi connectivity index (χ3v) is 4.19. The van der Waals surface area contributed by atoms with Gasteiger partial charge < -0.3 is 15.5 Å². The summed E-state index contributed by atoms with van der Waals surface area (Å²) in [6.07, 6.45) is 2.92. The average molecular weight is 368 g/mol. The molecule has 0 aliphatic rings. The largest absolute Gasteiger partial charge is 0.372 e. The van der Waals surface area contributed by atoms with Crippen LogP contribution in [0.3, 0.4) is 0 Å². The van der Waals surface area contributed by atoms with Crippen molar-refractivity contribution in [2.24, 2.45) is 5.92 Å². The summed E-state index contributed by atoms with van der Waals surface area (Å²) in [4.78, 5) is 30.9. The predicted octanol–water partition coefficient (Wildman–Crippen LogP) is 3.57. The van der Waals surface area contributed by atoms with Crippen molar-refractivity contribution in [1.29, 1.82) is 0 Å². The Bertz CT molecular complexity index is 768. The molecule has 6 heteroatoms. The Morgan fingerprint density at radius 1 is 1.00 bits per heavy atom. The van der Waals surface area contributed by atoms with Crippen molar-refractivity contribution in [2.75, 3.05) is 29.9 Å². The van der Waals surface area contributed by atoms with Crippen LogP contribution in [-0.4, -0.2) is 36.4 Å². The topological polar surface area (TPSA) is 74.3 Å². The summed E-state index contributed by atoms with van der Waals surface area (Å²) in [5.41, 5.74) is 2.54. The minimum absolute atomic E-state index is 0.227. The summed E-state index contributed by atoms with van der Waals surface area (Å²) < 4.78 is 0. The van der Waals surface area contributed by atoms with Gasteiger partial charge in [0, 0.05) is 43.4 Å². The highest BCUT2D eigenvalue weighted by Crippen LogP contribution is 2.18. The molecule has 144 valence electrons. The summed E-state index contributed by atoms with van der Waals surface area (Å²) in [7, 11) is 0. The fourth-order valence-electron chi connectivity index (χ4n) is 2.63. The summed E-state index contributed by atoms with van der Waals surface area (Å²) in [5, 5.41) is 5.67. The van der Waals surface area contributed by atoms with Crippen molar-refractivity contribution in [3.8, 4) is 0 Å². The molecule has 0 saturated carbocycles. The van der Waals surface area contributed by atoms with Crippen LogP contribution >= 0.6 is 0 Å². The van der Waals surface area contributed by atoms with Crippen molar-refractivity contribution in [3.05, 3.63) is 53.9 Å². The highest BCUT2D eigenvalue weighted by Gasteiger charge is 2.12. The van der Waals surface area contributed by atoms with Crippen molar-refractivity contribution in [2.45, 2.75) is 27.7 Å². The van der Waals surface area contributed by atoms with Gasteiger partial charge in [0.15, 0.2) is 0 Å². The smallest absolute Gasteiger partial charge is 0.257 e. The molecule has 0 unspecified atom stereocenters. The quantitative estimate of drug-likeness (QED) is 0.747. The van der Waals surface area contributed by atoms with E-state index in [1.165, 1.54) is 12.4 Å². The van der Waals surface area contributed by atoms with Crippen LogP contribution in [0, 0.1) is 5.92 Å². The Morgan fingerprint density at radius 3 is 2.15 bits per heavy atom. The number of carbonyl (C=O) groups is 2. The molecule has 0 saturated heterocycles. The molecule has 0 atom stereocenters. The second-order valence-corrected chi connectivity index (χ2v) is 6.74. The Hall–Kier alpha value is -2.89. The monoisotopic (exact) mass is 368 g/mol. The van der Waals surface area contributed by atoms with Gasteiger partial charge in [-0.1, -0.05) is 13.8 Å². The van der Waals surface area contributed by atoms with Crippen LogP contribution in [0.1, 0.15) is 48.4 Å². The molecule has 1 heterocycles. The lowest BCUT2D eigenvalue weighted by molar-refractivity contribution is 0.0948. The van der Waals surface area contributed by atoms with Gasteiger partial charge in [0.1, 0.15) is 0 Å². The van der Waals surface area contributed by atoms with E-state index in [4.69, 9.17) is 0 Å². The Labute approximate surface area is 161 Å². The maximum atomic E-state index is 12.5. The number of hydrogen-bond acceptors (Lipinski definition) is 4. The Balaban J connectivity index is 2.05. The van der Waals surface area contributed by atoms with Crippen LogP contribution in [0.5, 0.6) is 0 Å². The van der Waals surface area contributed by atoms with Gasteiger partial charge in [-0.25, -0.2) is 0 Å². The van der Waals surface area contributed by atoms with Gasteiger partial charge in [0.2, 0.25) is 0 Å². The molecule has 0 spiro atoms. The summed E-state index contributed by atoms with van der Waals surface area (Å²) in [5.74, 6) is -0.168. The molecule has 1 aromatic heterocycles. The highest BCUT2D eigenvalue weighted by molar-refractivity contribution is 6.05. The fourth-order valence-corrected chi connectivity index (χ4v) is 2.63. The molecule has 27 heavy (non-hydrogen) atoms. The van der Waals surface area contributed by atoms with E-state index in [9.17, 15) is 9.59 Å². The van der Waals surface area contributed by atoms with Gasteiger partial charge in [-0.05, 0) is 50.1 Å². The van der Waals surface area contributed by atoms with Crippen LogP contribution in [-0.2, 0) is 0 Å². The average Bonchev–Trinajstić information content (AvgIpc) is 2.68. The molecule has 2 rings (SSSR count). The molecule has 2 amide bonds. The lowest BCUT2D eigenvalue weighted by atomic mass is 10.1. The van der Waals surface area contributed by atoms with Gasteiger partial charge in [-0.2, -0.15) is 0 Å². The number of rotatable bonds is 8. The van der Waals surface area contributed by atoms with Crippen LogP contribution in [0.4, 0.5) is 11.4 Å². The Morgan fingerprint density at radius 2 is 1.59 bits per heavy atom. The maximum absolute atomic E-state index is 12.5. The van der Waals surface area contributed by atoms with E-state index in [1.54, 1.807) is 6.07 Å². The Kier molecular flexibility index (Phi) is 7.34. The number of benzene rings is 1. The molecule has 0 radical (unpaired) electrons. The molecule has 0 bridgehead atoms. The first-order valence-corrected chi connectivity index (χ1v) is 9.34. The standard InChI is InChI=1S/C21H28N4O2/c1-5-25(6-2)19-9-7-18(8-10-19)24-21(27)17-11-16(13-22-14-17)20(26)23-12-15(3)4/h7-11,13-15H,5-6,12H2,1-4H3,(H,23,26)(H,24,27). The number of nitrogens with zero attached hydrogens (tertiary/aromatic N) is 2. The molecule has 6 nitrogen and oxygen atoms in total. The second kappa shape index (κ2) is 9.71. The number of aromatic nitrogens is 1. The third kappa shape index (κ3) is 5.81. The zero-order chi connectivity index (χ0) is 19.8. The van der Waals surface area contributed by atoms with E-state index in [0.717, 1.165) is 18.8 Å². The van der Waals surface area contributed by atoms with Crippen molar-refractivity contribution in [3.63, 3.8) is 0 Å². The molecular weight excluding hydrogens is 340 g/mol. The number of anilines is 2. The number of carbonyl (C=O) groups excluding carboxylic acids is 2. The molecule has 0 aliphatic heterocycles.